The Morgan fingerprint density at radius 3 is 2.57 bits per heavy atom. The first-order chi connectivity index (χ1) is 10.2. The van der Waals surface area contributed by atoms with E-state index in [0.717, 1.165) is 42.3 Å². The summed E-state index contributed by atoms with van der Waals surface area (Å²) in [6.07, 6.45) is 4.10. The highest BCUT2D eigenvalue weighted by molar-refractivity contribution is 6.01. The fourth-order valence-corrected chi connectivity index (χ4v) is 2.82. The molecule has 0 spiro atoms. The summed E-state index contributed by atoms with van der Waals surface area (Å²) in [6.45, 7) is 1.87. The Kier molecular flexibility index (Phi) is 4.00. The molecule has 1 aliphatic rings. The molecule has 0 atom stereocenters. The number of fused-ring (bicyclic) bond motifs is 1. The monoisotopic (exact) mass is 281 g/mol. The van der Waals surface area contributed by atoms with Gasteiger partial charge < -0.3 is 4.84 Å². The minimum atomic E-state index is -0.187. The van der Waals surface area contributed by atoms with Crippen LogP contribution in [0.3, 0.4) is 0 Å². The molecule has 1 saturated carbocycles. The van der Waals surface area contributed by atoms with Gasteiger partial charge in [-0.25, -0.2) is 4.79 Å². The van der Waals surface area contributed by atoms with Crippen molar-refractivity contribution in [3.8, 4) is 0 Å². The second-order valence-corrected chi connectivity index (χ2v) is 5.63. The maximum absolute atomic E-state index is 11.9. The van der Waals surface area contributed by atoms with Crippen LogP contribution in [-0.4, -0.2) is 11.7 Å². The fourth-order valence-electron chi connectivity index (χ4n) is 2.82. The predicted molar refractivity (Wildman–Crippen MR) is 84.2 cm³/mol. The van der Waals surface area contributed by atoms with Crippen LogP contribution in [0.15, 0.2) is 47.6 Å². The summed E-state index contributed by atoms with van der Waals surface area (Å²) in [5, 5.41) is 6.36. The average molecular weight is 281 g/mol. The SMILES string of the molecule is C/C(=N\OC(=O)C1CCCC1)c1ccc2ccccc2c1. The van der Waals surface area contributed by atoms with Gasteiger partial charge in [0.05, 0.1) is 11.6 Å². The predicted octanol–water partition coefficient (Wildman–Crippen LogP) is 4.30. The zero-order valence-electron chi connectivity index (χ0n) is 12.2. The van der Waals surface area contributed by atoms with E-state index in [0.29, 0.717) is 0 Å². The Morgan fingerprint density at radius 1 is 1.10 bits per heavy atom. The fraction of sp³-hybridized carbons (Fsp3) is 0.333. The average Bonchev–Trinajstić information content (AvgIpc) is 3.06. The number of benzene rings is 2. The van der Waals surface area contributed by atoms with E-state index in [4.69, 9.17) is 4.84 Å². The third-order valence-corrected chi connectivity index (χ3v) is 4.13. The Balaban J connectivity index is 1.74. The van der Waals surface area contributed by atoms with Gasteiger partial charge in [-0.15, -0.1) is 0 Å². The third-order valence-electron chi connectivity index (χ3n) is 4.13. The standard InChI is InChI=1S/C18H19NO2/c1-13(19-21-18(20)15-7-3-4-8-15)16-11-10-14-6-2-5-9-17(14)12-16/h2,5-6,9-12,15H,3-4,7-8H2,1H3/b19-13+. The normalized spacial score (nSPS) is 16.3. The van der Waals surface area contributed by atoms with Gasteiger partial charge in [-0.05, 0) is 42.2 Å². The maximum Gasteiger partial charge on any atom is 0.338 e. The molecule has 0 saturated heterocycles. The Morgan fingerprint density at radius 2 is 1.81 bits per heavy atom. The van der Waals surface area contributed by atoms with E-state index in [1.807, 2.05) is 25.1 Å². The topological polar surface area (TPSA) is 38.7 Å². The van der Waals surface area contributed by atoms with Crippen molar-refractivity contribution in [2.24, 2.45) is 11.1 Å². The van der Waals surface area contributed by atoms with Crippen molar-refractivity contribution < 1.29 is 9.63 Å². The van der Waals surface area contributed by atoms with Gasteiger partial charge in [0.25, 0.3) is 0 Å². The first-order valence-electron chi connectivity index (χ1n) is 7.48. The molecule has 108 valence electrons. The molecule has 0 aromatic heterocycles. The van der Waals surface area contributed by atoms with Gasteiger partial charge in [0.1, 0.15) is 0 Å². The van der Waals surface area contributed by atoms with E-state index in [1.54, 1.807) is 0 Å². The summed E-state index contributed by atoms with van der Waals surface area (Å²) in [5.74, 6) is -0.147. The lowest BCUT2D eigenvalue weighted by Crippen LogP contribution is -2.12. The summed E-state index contributed by atoms with van der Waals surface area (Å²) in [6, 6.07) is 14.3. The number of hydrogen-bond acceptors (Lipinski definition) is 3. The number of carbonyl (C=O) groups excluding carboxylic acids is 1. The number of carbonyl (C=O) groups is 1. The molecule has 0 bridgehead atoms. The van der Waals surface area contributed by atoms with Gasteiger partial charge in [0.15, 0.2) is 0 Å². The van der Waals surface area contributed by atoms with E-state index in [1.165, 1.54) is 5.39 Å². The summed E-state index contributed by atoms with van der Waals surface area (Å²) >= 11 is 0. The van der Waals surface area contributed by atoms with Gasteiger partial charge in [0.2, 0.25) is 0 Å². The van der Waals surface area contributed by atoms with Crippen LogP contribution in [0.5, 0.6) is 0 Å². The second kappa shape index (κ2) is 6.08. The largest absolute Gasteiger partial charge is 0.338 e. The number of hydrogen-bond donors (Lipinski definition) is 0. The molecule has 1 aliphatic carbocycles. The maximum atomic E-state index is 11.9. The molecule has 0 N–H and O–H groups in total. The molecule has 3 rings (SSSR count). The number of rotatable bonds is 3. The van der Waals surface area contributed by atoms with Gasteiger partial charge in [-0.3, -0.25) is 0 Å². The smallest absolute Gasteiger partial charge is 0.318 e. The number of nitrogens with zero attached hydrogens (tertiary/aromatic N) is 1. The zero-order chi connectivity index (χ0) is 14.7. The lowest BCUT2D eigenvalue weighted by atomic mass is 10.0. The van der Waals surface area contributed by atoms with E-state index < -0.39 is 0 Å². The van der Waals surface area contributed by atoms with E-state index >= 15 is 0 Å². The molecular weight excluding hydrogens is 262 g/mol. The van der Waals surface area contributed by atoms with Crippen molar-refractivity contribution in [1.82, 2.24) is 0 Å². The van der Waals surface area contributed by atoms with E-state index in [2.05, 4.69) is 29.4 Å². The Labute approximate surface area is 124 Å². The summed E-state index contributed by atoms with van der Waals surface area (Å²) < 4.78 is 0. The van der Waals surface area contributed by atoms with Crippen molar-refractivity contribution >= 4 is 22.5 Å². The number of oxime groups is 1. The minimum Gasteiger partial charge on any atom is -0.318 e. The van der Waals surface area contributed by atoms with Crippen LogP contribution in [-0.2, 0) is 9.63 Å². The minimum absolute atomic E-state index is 0.0400. The van der Waals surface area contributed by atoms with Gasteiger partial charge in [-0.1, -0.05) is 54.4 Å². The molecule has 21 heavy (non-hydrogen) atoms. The Hall–Kier alpha value is -2.16. The first-order valence-corrected chi connectivity index (χ1v) is 7.48. The molecule has 1 fully saturated rings. The summed E-state index contributed by atoms with van der Waals surface area (Å²) in [7, 11) is 0. The second-order valence-electron chi connectivity index (χ2n) is 5.63. The summed E-state index contributed by atoms with van der Waals surface area (Å²) in [5.41, 5.74) is 1.71. The van der Waals surface area contributed by atoms with Crippen LogP contribution in [0, 0.1) is 5.92 Å². The van der Waals surface area contributed by atoms with Crippen LogP contribution < -0.4 is 0 Å². The quantitative estimate of drug-likeness (QED) is 0.478. The van der Waals surface area contributed by atoms with Crippen LogP contribution >= 0.6 is 0 Å². The molecular formula is C18H19NO2. The molecule has 2 aromatic carbocycles. The van der Waals surface area contributed by atoms with E-state index in [9.17, 15) is 4.79 Å². The molecule has 0 aliphatic heterocycles. The van der Waals surface area contributed by atoms with Crippen molar-refractivity contribution in [3.63, 3.8) is 0 Å². The summed E-state index contributed by atoms with van der Waals surface area (Å²) in [4.78, 5) is 17.0. The van der Waals surface area contributed by atoms with Crippen molar-refractivity contribution in [1.29, 1.82) is 0 Å². The molecule has 0 amide bonds. The molecule has 0 radical (unpaired) electrons. The van der Waals surface area contributed by atoms with Crippen molar-refractivity contribution in [3.05, 3.63) is 48.0 Å². The van der Waals surface area contributed by atoms with Gasteiger partial charge in [-0.2, -0.15) is 0 Å². The highest BCUT2D eigenvalue weighted by Crippen LogP contribution is 2.25. The Bertz CT molecular complexity index is 684. The highest BCUT2D eigenvalue weighted by Gasteiger charge is 2.24. The molecule has 3 nitrogen and oxygen atoms in total. The lowest BCUT2D eigenvalue weighted by molar-refractivity contribution is -0.148. The van der Waals surface area contributed by atoms with Gasteiger partial charge in [0, 0.05) is 0 Å². The van der Waals surface area contributed by atoms with Gasteiger partial charge >= 0.3 is 5.97 Å². The van der Waals surface area contributed by atoms with Crippen LogP contribution in [0.4, 0.5) is 0 Å². The first kappa shape index (κ1) is 13.8. The van der Waals surface area contributed by atoms with Crippen LogP contribution in [0.2, 0.25) is 0 Å². The van der Waals surface area contributed by atoms with E-state index in [-0.39, 0.29) is 11.9 Å². The molecule has 2 aromatic rings. The molecule has 0 unspecified atom stereocenters. The van der Waals surface area contributed by atoms with Crippen LogP contribution in [0.25, 0.3) is 10.8 Å². The lowest BCUT2D eigenvalue weighted by Gasteiger charge is -2.06. The van der Waals surface area contributed by atoms with Crippen molar-refractivity contribution in [2.45, 2.75) is 32.6 Å². The third kappa shape index (κ3) is 3.13. The van der Waals surface area contributed by atoms with Crippen molar-refractivity contribution in [2.75, 3.05) is 0 Å². The molecule has 0 heterocycles. The van der Waals surface area contributed by atoms with Crippen LogP contribution in [0.1, 0.15) is 38.2 Å². The molecule has 3 heteroatoms. The highest BCUT2D eigenvalue weighted by atomic mass is 16.7. The zero-order valence-corrected chi connectivity index (χ0v) is 12.2.